The summed E-state index contributed by atoms with van der Waals surface area (Å²) >= 11 is 0. The fraction of sp³-hybridized carbons (Fsp3) is 0.444. The molecule has 0 saturated carbocycles. The van der Waals surface area contributed by atoms with Gasteiger partial charge >= 0.3 is 0 Å². The molecule has 1 atom stereocenters. The first-order chi connectivity index (χ1) is 11.0. The van der Waals surface area contributed by atoms with Gasteiger partial charge in [-0.25, -0.2) is 0 Å². The summed E-state index contributed by atoms with van der Waals surface area (Å²) in [5, 5.41) is 21.5. The second-order valence-corrected chi connectivity index (χ2v) is 5.53. The zero-order valence-corrected chi connectivity index (χ0v) is 13.9. The van der Waals surface area contributed by atoms with Crippen LogP contribution >= 0.6 is 0 Å². The average Bonchev–Trinajstić information content (AvgIpc) is 2.54. The van der Waals surface area contributed by atoms with Crippen LogP contribution in [-0.2, 0) is 4.79 Å². The van der Waals surface area contributed by atoms with Crippen molar-refractivity contribution < 1.29 is 14.6 Å². The zero-order chi connectivity index (χ0) is 17.2. The number of nitrogens with one attached hydrogen (secondary N) is 1. The summed E-state index contributed by atoms with van der Waals surface area (Å²) in [4.78, 5) is 12.0. The van der Waals surface area contributed by atoms with Crippen molar-refractivity contribution in [3.05, 3.63) is 35.4 Å². The zero-order valence-electron chi connectivity index (χ0n) is 13.9. The number of carbonyl (C=O) groups excluding carboxylic acids is 1. The number of rotatable bonds is 8. The van der Waals surface area contributed by atoms with Crippen molar-refractivity contribution in [2.24, 2.45) is 5.92 Å². The molecule has 0 saturated heterocycles. The Kier molecular flexibility index (Phi) is 7.86. The molecule has 5 heteroatoms. The van der Waals surface area contributed by atoms with E-state index in [-0.39, 0.29) is 11.5 Å². The van der Waals surface area contributed by atoms with Gasteiger partial charge in [-0.3, -0.25) is 4.79 Å². The van der Waals surface area contributed by atoms with Crippen molar-refractivity contribution in [1.29, 1.82) is 5.26 Å². The second-order valence-electron chi connectivity index (χ2n) is 5.53. The number of carbonyl (C=O) groups is 1. The van der Waals surface area contributed by atoms with Crippen molar-refractivity contribution in [1.82, 2.24) is 5.32 Å². The van der Waals surface area contributed by atoms with Gasteiger partial charge in [0.05, 0.1) is 12.7 Å². The Morgan fingerprint density at radius 3 is 2.57 bits per heavy atom. The van der Waals surface area contributed by atoms with Gasteiger partial charge < -0.3 is 15.2 Å². The molecule has 1 aromatic carbocycles. The van der Waals surface area contributed by atoms with E-state index in [9.17, 15) is 9.90 Å². The van der Waals surface area contributed by atoms with Crippen molar-refractivity contribution >= 4 is 12.0 Å². The van der Waals surface area contributed by atoms with E-state index in [1.165, 1.54) is 6.08 Å². The van der Waals surface area contributed by atoms with E-state index in [0.717, 1.165) is 11.3 Å². The maximum absolute atomic E-state index is 12.0. The van der Waals surface area contributed by atoms with Crippen molar-refractivity contribution in [3.63, 3.8) is 0 Å². The molecule has 1 rings (SSSR count). The molecule has 0 radical (unpaired) electrons. The second kappa shape index (κ2) is 9.65. The van der Waals surface area contributed by atoms with Gasteiger partial charge in [-0.15, -0.1) is 0 Å². The van der Waals surface area contributed by atoms with Crippen LogP contribution in [0, 0.1) is 17.2 Å². The number of aliphatic hydroxyl groups is 1. The van der Waals surface area contributed by atoms with Crippen LogP contribution in [0.5, 0.6) is 5.75 Å². The quantitative estimate of drug-likeness (QED) is 0.570. The maximum atomic E-state index is 12.0. The molecule has 124 valence electrons. The molecule has 0 spiro atoms. The molecular weight excluding hydrogens is 292 g/mol. The summed E-state index contributed by atoms with van der Waals surface area (Å²) in [7, 11) is 0. The van der Waals surface area contributed by atoms with E-state index in [4.69, 9.17) is 10.00 Å². The molecular formula is C18H24N2O3. The number of amides is 1. The molecule has 0 aliphatic heterocycles. The van der Waals surface area contributed by atoms with Crippen LogP contribution in [0.3, 0.4) is 0 Å². The average molecular weight is 316 g/mol. The third kappa shape index (κ3) is 6.54. The Labute approximate surface area is 137 Å². The Bertz CT molecular complexity index is 571. The topological polar surface area (TPSA) is 82.3 Å². The number of nitriles is 1. The van der Waals surface area contributed by atoms with Gasteiger partial charge in [-0.1, -0.05) is 26.0 Å². The Morgan fingerprint density at radius 2 is 2.04 bits per heavy atom. The first-order valence-corrected chi connectivity index (χ1v) is 7.78. The smallest absolute Gasteiger partial charge is 0.261 e. The van der Waals surface area contributed by atoms with Crippen LogP contribution in [-0.4, -0.2) is 30.3 Å². The van der Waals surface area contributed by atoms with Gasteiger partial charge in [-0.05, 0) is 43.0 Å². The van der Waals surface area contributed by atoms with Crippen LogP contribution in [0.4, 0.5) is 0 Å². The van der Waals surface area contributed by atoms with Crippen LogP contribution in [0.1, 0.15) is 32.8 Å². The van der Waals surface area contributed by atoms with Crippen LogP contribution in [0.15, 0.2) is 29.8 Å². The SMILES string of the molecule is CCOc1ccc(C=C(C#N)C(=O)NCCC(O)C(C)C)cc1. The minimum absolute atomic E-state index is 0.0354. The number of aliphatic hydroxyl groups excluding tert-OH is 1. The molecule has 1 amide bonds. The van der Waals surface area contributed by atoms with E-state index in [2.05, 4.69) is 5.32 Å². The highest BCUT2D eigenvalue weighted by molar-refractivity contribution is 6.01. The number of benzene rings is 1. The van der Waals surface area contributed by atoms with Gasteiger partial charge in [0.2, 0.25) is 0 Å². The lowest BCUT2D eigenvalue weighted by atomic mass is 10.0. The molecule has 0 aliphatic carbocycles. The van der Waals surface area contributed by atoms with Gasteiger partial charge in [0.1, 0.15) is 17.4 Å². The lowest BCUT2D eigenvalue weighted by Gasteiger charge is -2.14. The standard InChI is InChI=1S/C18H24N2O3/c1-4-23-16-7-5-14(6-8-16)11-15(12-19)18(22)20-10-9-17(21)13(2)3/h5-8,11,13,17,21H,4,9-10H2,1-3H3,(H,20,22). The molecule has 0 heterocycles. The lowest BCUT2D eigenvalue weighted by molar-refractivity contribution is -0.117. The summed E-state index contributed by atoms with van der Waals surface area (Å²) in [6.45, 7) is 6.66. The third-order valence-corrected chi connectivity index (χ3v) is 3.36. The fourth-order valence-corrected chi connectivity index (χ4v) is 1.90. The number of ether oxygens (including phenoxy) is 1. The van der Waals surface area contributed by atoms with Gasteiger partial charge in [0, 0.05) is 6.54 Å². The number of hydrogen-bond acceptors (Lipinski definition) is 4. The molecule has 2 N–H and O–H groups in total. The van der Waals surface area contributed by atoms with Crippen LogP contribution in [0.25, 0.3) is 6.08 Å². The number of hydrogen-bond donors (Lipinski definition) is 2. The summed E-state index contributed by atoms with van der Waals surface area (Å²) in [5.41, 5.74) is 0.788. The van der Waals surface area contributed by atoms with Crippen LogP contribution in [0.2, 0.25) is 0 Å². The van der Waals surface area contributed by atoms with E-state index >= 15 is 0 Å². The predicted molar refractivity (Wildman–Crippen MR) is 89.7 cm³/mol. The molecule has 0 fully saturated rings. The van der Waals surface area contributed by atoms with E-state index < -0.39 is 12.0 Å². The van der Waals surface area contributed by atoms with Crippen molar-refractivity contribution in [2.45, 2.75) is 33.3 Å². The van der Waals surface area contributed by atoms with Gasteiger partial charge in [-0.2, -0.15) is 5.26 Å². The van der Waals surface area contributed by atoms with E-state index in [0.29, 0.717) is 19.6 Å². The summed E-state index contributed by atoms with van der Waals surface area (Å²) in [6, 6.07) is 9.07. The largest absolute Gasteiger partial charge is 0.494 e. The highest BCUT2D eigenvalue weighted by Gasteiger charge is 2.12. The first kappa shape index (κ1) is 18.7. The molecule has 1 aromatic rings. The summed E-state index contributed by atoms with van der Waals surface area (Å²) in [6.07, 6.45) is 1.53. The van der Waals surface area contributed by atoms with Crippen LogP contribution < -0.4 is 10.1 Å². The highest BCUT2D eigenvalue weighted by atomic mass is 16.5. The first-order valence-electron chi connectivity index (χ1n) is 7.78. The van der Waals surface area contributed by atoms with Crippen molar-refractivity contribution in [3.8, 4) is 11.8 Å². The number of nitrogens with zero attached hydrogens (tertiary/aromatic N) is 1. The summed E-state index contributed by atoms with van der Waals surface area (Å²) in [5.74, 6) is 0.453. The Balaban J connectivity index is 2.64. The highest BCUT2D eigenvalue weighted by Crippen LogP contribution is 2.14. The minimum Gasteiger partial charge on any atom is -0.494 e. The van der Waals surface area contributed by atoms with E-state index in [1.807, 2.05) is 26.8 Å². The normalized spacial score (nSPS) is 12.6. The predicted octanol–water partition coefficient (Wildman–Crippen LogP) is 2.52. The Morgan fingerprint density at radius 1 is 1.39 bits per heavy atom. The van der Waals surface area contributed by atoms with Gasteiger partial charge in [0.15, 0.2) is 0 Å². The van der Waals surface area contributed by atoms with E-state index in [1.54, 1.807) is 24.3 Å². The fourth-order valence-electron chi connectivity index (χ4n) is 1.90. The molecule has 0 aliphatic rings. The molecule has 1 unspecified atom stereocenters. The maximum Gasteiger partial charge on any atom is 0.261 e. The summed E-state index contributed by atoms with van der Waals surface area (Å²) < 4.78 is 5.35. The molecule has 0 bridgehead atoms. The molecule has 23 heavy (non-hydrogen) atoms. The third-order valence-electron chi connectivity index (χ3n) is 3.36. The Hall–Kier alpha value is -2.32. The minimum atomic E-state index is -0.462. The molecule has 5 nitrogen and oxygen atoms in total. The lowest BCUT2D eigenvalue weighted by Crippen LogP contribution is -2.29. The monoisotopic (exact) mass is 316 g/mol. The van der Waals surface area contributed by atoms with Gasteiger partial charge in [0.25, 0.3) is 5.91 Å². The van der Waals surface area contributed by atoms with Crippen molar-refractivity contribution in [2.75, 3.05) is 13.2 Å². The molecule has 0 aromatic heterocycles.